The average Bonchev–Trinajstić information content (AvgIpc) is 3.23. The van der Waals surface area contributed by atoms with Crippen molar-refractivity contribution in [3.63, 3.8) is 0 Å². The standard InChI is InChI=1S/C33H49NO2/c1-4-23-21-26-28-17-16-25(13-10-15-31(36)34-22-30(35)24-11-6-5-7-12-24)32(28,2)20-18-29(26)33(3)19-9-8-14-27(23)33/h5-7,11-12,23,25-29H,4,8-10,13-22H2,1-3H3,(H,34,36)/t23-,25?,26?,27?,28?,29-,32?,33?/m0/s1. The van der Waals surface area contributed by atoms with Crippen molar-refractivity contribution in [3.05, 3.63) is 35.9 Å². The lowest BCUT2D eigenvalue weighted by Gasteiger charge is -2.62. The summed E-state index contributed by atoms with van der Waals surface area (Å²) in [5.74, 6) is 5.48. The summed E-state index contributed by atoms with van der Waals surface area (Å²) in [6.07, 6.45) is 17.0. The Kier molecular flexibility index (Phi) is 7.66. The second-order valence-corrected chi connectivity index (χ2v) is 13.4. The molecule has 36 heavy (non-hydrogen) atoms. The van der Waals surface area contributed by atoms with Gasteiger partial charge in [0.1, 0.15) is 0 Å². The number of hydrogen-bond donors (Lipinski definition) is 1. The first kappa shape index (κ1) is 26.0. The predicted octanol–water partition coefficient (Wildman–Crippen LogP) is 7.84. The van der Waals surface area contributed by atoms with Crippen molar-refractivity contribution in [2.75, 3.05) is 6.54 Å². The number of fused-ring (bicyclic) bond motifs is 5. The van der Waals surface area contributed by atoms with E-state index >= 15 is 0 Å². The van der Waals surface area contributed by atoms with E-state index in [2.05, 4.69) is 26.1 Å². The fraction of sp³-hybridized carbons (Fsp3) is 0.758. The van der Waals surface area contributed by atoms with Gasteiger partial charge in [-0.1, -0.05) is 70.4 Å². The van der Waals surface area contributed by atoms with Crippen molar-refractivity contribution in [2.45, 2.75) is 104 Å². The van der Waals surface area contributed by atoms with Crippen LogP contribution in [-0.2, 0) is 4.79 Å². The first-order valence-corrected chi connectivity index (χ1v) is 15.2. The van der Waals surface area contributed by atoms with E-state index in [1.54, 1.807) is 0 Å². The molecule has 4 fully saturated rings. The molecule has 4 aliphatic rings. The largest absolute Gasteiger partial charge is 0.349 e. The number of rotatable bonds is 8. The number of nitrogens with one attached hydrogen (secondary N) is 1. The zero-order valence-electron chi connectivity index (χ0n) is 23.1. The highest BCUT2D eigenvalue weighted by atomic mass is 16.2. The number of hydrogen-bond acceptors (Lipinski definition) is 2. The van der Waals surface area contributed by atoms with Crippen LogP contribution in [0.4, 0.5) is 0 Å². The molecule has 1 aromatic rings. The van der Waals surface area contributed by atoms with Crippen LogP contribution < -0.4 is 5.32 Å². The molecule has 0 saturated heterocycles. The van der Waals surface area contributed by atoms with Gasteiger partial charge in [-0.15, -0.1) is 0 Å². The Balaban J connectivity index is 1.15. The van der Waals surface area contributed by atoms with E-state index in [1.165, 1.54) is 70.6 Å². The summed E-state index contributed by atoms with van der Waals surface area (Å²) in [7, 11) is 0. The van der Waals surface area contributed by atoms with Crippen LogP contribution in [-0.4, -0.2) is 18.2 Å². The molecule has 4 aliphatic carbocycles. The second kappa shape index (κ2) is 10.6. The Bertz CT molecular complexity index is 927. The van der Waals surface area contributed by atoms with Crippen LogP contribution >= 0.6 is 0 Å². The zero-order chi connectivity index (χ0) is 25.3. The van der Waals surface area contributed by atoms with Gasteiger partial charge in [-0.3, -0.25) is 9.59 Å². The van der Waals surface area contributed by atoms with Crippen LogP contribution in [0.1, 0.15) is 115 Å². The highest BCUT2D eigenvalue weighted by molar-refractivity contribution is 5.99. The van der Waals surface area contributed by atoms with Crippen molar-refractivity contribution >= 4 is 11.7 Å². The molecule has 4 saturated carbocycles. The molecule has 0 aliphatic heterocycles. The number of amides is 1. The van der Waals surface area contributed by atoms with E-state index in [4.69, 9.17) is 0 Å². The minimum Gasteiger partial charge on any atom is -0.349 e. The number of Topliss-reactive ketones (excluding diaryl/α,β-unsaturated/α-hetero) is 1. The van der Waals surface area contributed by atoms with Crippen molar-refractivity contribution in [2.24, 2.45) is 46.3 Å². The molecular formula is C33H49NO2. The molecule has 1 aromatic carbocycles. The predicted molar refractivity (Wildman–Crippen MR) is 147 cm³/mol. The lowest BCUT2D eigenvalue weighted by molar-refractivity contribution is -0.136. The van der Waals surface area contributed by atoms with Gasteiger partial charge in [0, 0.05) is 12.0 Å². The van der Waals surface area contributed by atoms with Gasteiger partial charge in [0.2, 0.25) is 5.91 Å². The topological polar surface area (TPSA) is 46.2 Å². The summed E-state index contributed by atoms with van der Waals surface area (Å²) in [5, 5.41) is 2.86. The first-order chi connectivity index (χ1) is 17.4. The summed E-state index contributed by atoms with van der Waals surface area (Å²) < 4.78 is 0. The summed E-state index contributed by atoms with van der Waals surface area (Å²) in [5.41, 5.74) is 1.73. The van der Waals surface area contributed by atoms with E-state index in [9.17, 15) is 9.59 Å². The van der Waals surface area contributed by atoms with Gasteiger partial charge in [0.25, 0.3) is 0 Å². The Hall–Kier alpha value is -1.64. The summed E-state index contributed by atoms with van der Waals surface area (Å²) >= 11 is 0. The Labute approximate surface area is 219 Å². The summed E-state index contributed by atoms with van der Waals surface area (Å²) in [6, 6.07) is 9.25. The molecule has 1 N–H and O–H groups in total. The minimum absolute atomic E-state index is 0.0152. The fourth-order valence-corrected chi connectivity index (χ4v) is 10.1. The molecule has 5 rings (SSSR count). The Morgan fingerprint density at radius 3 is 2.47 bits per heavy atom. The third-order valence-corrected chi connectivity index (χ3v) is 12.0. The van der Waals surface area contributed by atoms with Gasteiger partial charge in [0.15, 0.2) is 5.78 Å². The Morgan fingerprint density at radius 1 is 0.917 bits per heavy atom. The second-order valence-electron chi connectivity index (χ2n) is 13.4. The minimum atomic E-state index is -0.0152. The lowest BCUT2D eigenvalue weighted by Crippen LogP contribution is -2.55. The highest BCUT2D eigenvalue weighted by Crippen LogP contribution is 2.69. The monoisotopic (exact) mass is 491 g/mol. The lowest BCUT2D eigenvalue weighted by atomic mass is 9.42. The van der Waals surface area contributed by atoms with Crippen LogP contribution in [0.2, 0.25) is 0 Å². The molecule has 3 heteroatoms. The summed E-state index contributed by atoms with van der Waals surface area (Å²) in [6.45, 7) is 7.89. The normalized spacial score (nSPS) is 39.5. The fourth-order valence-electron chi connectivity index (χ4n) is 10.1. The molecule has 0 spiro atoms. The number of carbonyl (C=O) groups is 2. The van der Waals surface area contributed by atoms with Gasteiger partial charge < -0.3 is 5.32 Å². The van der Waals surface area contributed by atoms with Crippen LogP contribution in [0.15, 0.2) is 30.3 Å². The van der Waals surface area contributed by atoms with Crippen LogP contribution in [0.25, 0.3) is 0 Å². The molecule has 198 valence electrons. The summed E-state index contributed by atoms with van der Waals surface area (Å²) in [4.78, 5) is 24.8. The zero-order valence-corrected chi connectivity index (χ0v) is 23.1. The molecular weight excluding hydrogens is 442 g/mol. The maximum Gasteiger partial charge on any atom is 0.220 e. The smallest absolute Gasteiger partial charge is 0.220 e. The van der Waals surface area contributed by atoms with Crippen molar-refractivity contribution in [1.82, 2.24) is 5.32 Å². The maximum absolute atomic E-state index is 12.5. The van der Waals surface area contributed by atoms with E-state index in [0.717, 1.165) is 41.9 Å². The third-order valence-electron chi connectivity index (χ3n) is 12.0. The van der Waals surface area contributed by atoms with E-state index < -0.39 is 0 Å². The van der Waals surface area contributed by atoms with Gasteiger partial charge >= 0.3 is 0 Å². The third kappa shape index (κ3) is 4.69. The molecule has 3 nitrogen and oxygen atoms in total. The number of ketones is 1. The molecule has 6 unspecified atom stereocenters. The van der Waals surface area contributed by atoms with E-state index in [0.29, 0.717) is 22.8 Å². The molecule has 0 aromatic heterocycles. The SMILES string of the molecule is CC[C@H]1CC2C3CCC(CCCC(=O)NCC(=O)c4ccccc4)C3(C)CC[C@@H]2C2(C)CCCCC12. The van der Waals surface area contributed by atoms with Crippen molar-refractivity contribution in [1.29, 1.82) is 0 Å². The Morgan fingerprint density at radius 2 is 1.69 bits per heavy atom. The van der Waals surface area contributed by atoms with Gasteiger partial charge in [-0.05, 0) is 104 Å². The van der Waals surface area contributed by atoms with Crippen LogP contribution in [0, 0.1) is 46.3 Å². The van der Waals surface area contributed by atoms with Gasteiger partial charge in [-0.2, -0.15) is 0 Å². The van der Waals surface area contributed by atoms with E-state index in [1.807, 2.05) is 30.3 Å². The number of carbonyl (C=O) groups excluding carboxylic acids is 2. The van der Waals surface area contributed by atoms with Crippen LogP contribution in [0.3, 0.4) is 0 Å². The van der Waals surface area contributed by atoms with E-state index in [-0.39, 0.29) is 18.2 Å². The molecule has 0 heterocycles. The molecule has 1 amide bonds. The van der Waals surface area contributed by atoms with Crippen molar-refractivity contribution < 1.29 is 9.59 Å². The molecule has 0 radical (unpaired) electrons. The quantitative estimate of drug-likeness (QED) is 0.376. The van der Waals surface area contributed by atoms with Gasteiger partial charge in [-0.25, -0.2) is 0 Å². The molecule has 8 atom stereocenters. The number of benzene rings is 1. The van der Waals surface area contributed by atoms with Crippen molar-refractivity contribution in [3.8, 4) is 0 Å². The first-order valence-electron chi connectivity index (χ1n) is 15.2. The average molecular weight is 492 g/mol. The molecule has 0 bridgehead atoms. The highest BCUT2D eigenvalue weighted by Gasteiger charge is 2.60. The van der Waals surface area contributed by atoms with Crippen LogP contribution in [0.5, 0.6) is 0 Å². The maximum atomic E-state index is 12.5. The van der Waals surface area contributed by atoms with Gasteiger partial charge in [0.05, 0.1) is 6.54 Å².